The van der Waals surface area contributed by atoms with Crippen LogP contribution in [0.4, 0.5) is 0 Å². The van der Waals surface area contributed by atoms with Crippen molar-refractivity contribution in [1.82, 2.24) is 0 Å². The molecule has 1 unspecified atom stereocenters. The Morgan fingerprint density at radius 2 is 1.79 bits per heavy atom. The lowest BCUT2D eigenvalue weighted by atomic mass is 9.74. The molecule has 0 aliphatic heterocycles. The van der Waals surface area contributed by atoms with Gasteiger partial charge in [-0.15, -0.1) is 0 Å². The molecule has 0 amide bonds. The SMILES string of the molecule is CC(C)C1CCC(C(N)Cc2cccc(Cl)c2)CC1. The average Bonchev–Trinajstić information content (AvgIpc) is 2.39. The summed E-state index contributed by atoms with van der Waals surface area (Å²) in [6.45, 7) is 4.69. The highest BCUT2D eigenvalue weighted by atomic mass is 35.5. The van der Waals surface area contributed by atoms with Gasteiger partial charge in [-0.05, 0) is 67.6 Å². The van der Waals surface area contributed by atoms with E-state index < -0.39 is 0 Å². The minimum Gasteiger partial charge on any atom is -0.327 e. The zero-order valence-electron chi connectivity index (χ0n) is 12.1. The van der Waals surface area contributed by atoms with Crippen molar-refractivity contribution in [3.8, 4) is 0 Å². The fraction of sp³-hybridized carbons (Fsp3) is 0.647. The third kappa shape index (κ3) is 4.22. The first-order chi connectivity index (χ1) is 9.06. The Morgan fingerprint density at radius 3 is 2.37 bits per heavy atom. The molecule has 0 saturated heterocycles. The first-order valence-corrected chi connectivity index (χ1v) is 7.94. The summed E-state index contributed by atoms with van der Waals surface area (Å²) in [4.78, 5) is 0. The fourth-order valence-electron chi connectivity index (χ4n) is 3.34. The number of halogens is 1. The first-order valence-electron chi connectivity index (χ1n) is 7.56. The van der Waals surface area contributed by atoms with Crippen molar-refractivity contribution in [1.29, 1.82) is 0 Å². The van der Waals surface area contributed by atoms with E-state index >= 15 is 0 Å². The van der Waals surface area contributed by atoms with E-state index in [1.165, 1.54) is 31.2 Å². The van der Waals surface area contributed by atoms with Gasteiger partial charge in [-0.1, -0.05) is 37.6 Å². The summed E-state index contributed by atoms with van der Waals surface area (Å²) in [7, 11) is 0. The van der Waals surface area contributed by atoms with Gasteiger partial charge in [0.2, 0.25) is 0 Å². The lowest BCUT2D eigenvalue weighted by Gasteiger charge is -2.34. The van der Waals surface area contributed by atoms with Crippen molar-refractivity contribution in [3.05, 3.63) is 34.9 Å². The van der Waals surface area contributed by atoms with Crippen molar-refractivity contribution in [2.24, 2.45) is 23.5 Å². The predicted octanol–water partition coefficient (Wildman–Crippen LogP) is 4.67. The molecule has 1 aliphatic carbocycles. The van der Waals surface area contributed by atoms with E-state index in [4.69, 9.17) is 17.3 Å². The molecule has 19 heavy (non-hydrogen) atoms. The second-order valence-corrected chi connectivity index (χ2v) is 6.85. The van der Waals surface area contributed by atoms with Crippen LogP contribution in [0.3, 0.4) is 0 Å². The molecular formula is C17H26ClN. The van der Waals surface area contributed by atoms with Gasteiger partial charge in [0, 0.05) is 11.1 Å². The van der Waals surface area contributed by atoms with Crippen LogP contribution >= 0.6 is 11.6 Å². The molecule has 1 atom stereocenters. The van der Waals surface area contributed by atoms with Gasteiger partial charge >= 0.3 is 0 Å². The van der Waals surface area contributed by atoms with Crippen molar-refractivity contribution in [2.75, 3.05) is 0 Å². The largest absolute Gasteiger partial charge is 0.327 e. The molecule has 1 saturated carbocycles. The van der Waals surface area contributed by atoms with Gasteiger partial charge in [0.25, 0.3) is 0 Å². The van der Waals surface area contributed by atoms with E-state index in [-0.39, 0.29) is 6.04 Å². The molecule has 1 nitrogen and oxygen atoms in total. The molecule has 2 heteroatoms. The van der Waals surface area contributed by atoms with Crippen LogP contribution in [0.2, 0.25) is 5.02 Å². The monoisotopic (exact) mass is 279 g/mol. The van der Waals surface area contributed by atoms with E-state index in [1.54, 1.807) is 0 Å². The molecule has 2 N–H and O–H groups in total. The minimum atomic E-state index is 0.284. The van der Waals surface area contributed by atoms with Crippen molar-refractivity contribution >= 4 is 11.6 Å². The third-order valence-corrected chi connectivity index (χ3v) is 4.96. The smallest absolute Gasteiger partial charge is 0.0408 e. The summed E-state index contributed by atoms with van der Waals surface area (Å²) in [5.41, 5.74) is 7.68. The van der Waals surface area contributed by atoms with Gasteiger partial charge in [0.05, 0.1) is 0 Å². The van der Waals surface area contributed by atoms with E-state index in [0.717, 1.165) is 23.3 Å². The number of nitrogens with two attached hydrogens (primary N) is 1. The molecule has 0 heterocycles. The highest BCUT2D eigenvalue weighted by Gasteiger charge is 2.26. The summed E-state index contributed by atoms with van der Waals surface area (Å²) in [6, 6.07) is 8.39. The Labute approximate surface area is 122 Å². The Balaban J connectivity index is 1.86. The molecule has 2 rings (SSSR count). The highest BCUT2D eigenvalue weighted by Crippen LogP contribution is 2.35. The van der Waals surface area contributed by atoms with Crippen LogP contribution in [0.1, 0.15) is 45.1 Å². The van der Waals surface area contributed by atoms with Crippen LogP contribution in [-0.4, -0.2) is 6.04 Å². The van der Waals surface area contributed by atoms with Gasteiger partial charge in [-0.2, -0.15) is 0 Å². The summed E-state index contributed by atoms with van der Waals surface area (Å²) in [5, 5.41) is 0.813. The van der Waals surface area contributed by atoms with E-state index in [0.29, 0.717) is 5.92 Å². The van der Waals surface area contributed by atoms with Crippen molar-refractivity contribution in [3.63, 3.8) is 0 Å². The minimum absolute atomic E-state index is 0.284. The van der Waals surface area contributed by atoms with Crippen LogP contribution in [0.25, 0.3) is 0 Å². The van der Waals surface area contributed by atoms with E-state index in [9.17, 15) is 0 Å². The number of hydrogen-bond donors (Lipinski definition) is 1. The molecule has 1 aromatic carbocycles. The van der Waals surface area contributed by atoms with E-state index in [1.807, 2.05) is 18.2 Å². The van der Waals surface area contributed by atoms with Crippen molar-refractivity contribution in [2.45, 2.75) is 52.0 Å². The van der Waals surface area contributed by atoms with E-state index in [2.05, 4.69) is 19.9 Å². The molecule has 1 aromatic rings. The molecule has 0 radical (unpaired) electrons. The summed E-state index contributed by atoms with van der Waals surface area (Å²) >= 11 is 6.03. The Hall–Kier alpha value is -0.530. The van der Waals surface area contributed by atoms with Crippen LogP contribution in [0, 0.1) is 17.8 Å². The predicted molar refractivity (Wildman–Crippen MR) is 83.4 cm³/mol. The van der Waals surface area contributed by atoms with Gasteiger partial charge in [0.15, 0.2) is 0 Å². The van der Waals surface area contributed by atoms with Crippen LogP contribution in [-0.2, 0) is 6.42 Å². The van der Waals surface area contributed by atoms with Gasteiger partial charge in [0.1, 0.15) is 0 Å². The molecule has 0 bridgehead atoms. The molecule has 106 valence electrons. The molecule has 1 fully saturated rings. The maximum Gasteiger partial charge on any atom is 0.0408 e. The number of rotatable bonds is 4. The third-order valence-electron chi connectivity index (χ3n) is 4.73. The highest BCUT2D eigenvalue weighted by molar-refractivity contribution is 6.30. The number of hydrogen-bond acceptors (Lipinski definition) is 1. The maximum absolute atomic E-state index is 6.41. The lowest BCUT2D eigenvalue weighted by molar-refractivity contribution is 0.202. The Kier molecular flexibility index (Phi) is 5.29. The fourth-order valence-corrected chi connectivity index (χ4v) is 3.56. The van der Waals surface area contributed by atoms with Gasteiger partial charge in [-0.25, -0.2) is 0 Å². The summed E-state index contributed by atoms with van der Waals surface area (Å²) in [6.07, 6.45) is 6.25. The molecule has 0 spiro atoms. The normalized spacial score (nSPS) is 25.5. The topological polar surface area (TPSA) is 26.0 Å². The van der Waals surface area contributed by atoms with Crippen molar-refractivity contribution < 1.29 is 0 Å². The standard InChI is InChI=1S/C17H26ClN/c1-12(2)14-6-8-15(9-7-14)17(19)11-13-4-3-5-16(18)10-13/h3-5,10,12,14-15,17H,6-9,11,19H2,1-2H3. The van der Waals surface area contributed by atoms with Gasteiger partial charge in [-0.3, -0.25) is 0 Å². The van der Waals surface area contributed by atoms with Crippen LogP contribution < -0.4 is 5.73 Å². The maximum atomic E-state index is 6.41. The number of benzene rings is 1. The zero-order chi connectivity index (χ0) is 13.8. The summed E-state index contributed by atoms with van der Waals surface area (Å²) < 4.78 is 0. The second kappa shape index (κ2) is 6.76. The quantitative estimate of drug-likeness (QED) is 0.851. The second-order valence-electron chi connectivity index (χ2n) is 6.42. The molecular weight excluding hydrogens is 254 g/mol. The average molecular weight is 280 g/mol. The zero-order valence-corrected chi connectivity index (χ0v) is 12.9. The van der Waals surface area contributed by atoms with Crippen LogP contribution in [0.5, 0.6) is 0 Å². The molecule has 1 aliphatic rings. The Morgan fingerprint density at radius 1 is 1.16 bits per heavy atom. The van der Waals surface area contributed by atoms with Crippen LogP contribution in [0.15, 0.2) is 24.3 Å². The first kappa shape index (κ1) is 14.9. The molecule has 0 aromatic heterocycles. The lowest BCUT2D eigenvalue weighted by Crippen LogP contribution is -2.35. The van der Waals surface area contributed by atoms with Gasteiger partial charge < -0.3 is 5.73 Å². The Bertz CT molecular complexity index is 394. The summed E-state index contributed by atoms with van der Waals surface area (Å²) in [5.74, 6) is 2.42.